The standard InChI is InChI=1S/C27H25BrN3OS/c1-27(2)23(17-29)30-25(32)24(26(30)33-27)31(20-12-5-3-6-13-20,21-14-7-4-8-15-21)18-19-11-9-10-16-22(19)28/h3-16,23-24,26H,18H2,1-2H3/q+1/t23?,24?,26-/m0/s1. The molecule has 3 aromatic carbocycles. The quantitative estimate of drug-likeness (QED) is 0.296. The number of quaternary nitrogens is 1. The van der Waals surface area contributed by atoms with Crippen LogP contribution in [0.25, 0.3) is 0 Å². The topological polar surface area (TPSA) is 44.1 Å². The van der Waals surface area contributed by atoms with Crippen LogP contribution in [0.15, 0.2) is 89.4 Å². The molecular weight excluding hydrogens is 494 g/mol. The molecule has 1 amide bonds. The second-order valence-electron chi connectivity index (χ2n) is 9.12. The molecule has 2 unspecified atom stereocenters. The van der Waals surface area contributed by atoms with Crippen LogP contribution in [0.1, 0.15) is 19.4 Å². The van der Waals surface area contributed by atoms with Gasteiger partial charge in [-0.05, 0) is 44.2 Å². The van der Waals surface area contributed by atoms with Crippen LogP contribution in [0.5, 0.6) is 0 Å². The number of para-hydroxylation sites is 2. The van der Waals surface area contributed by atoms with Crippen molar-refractivity contribution in [3.05, 3.63) is 95.0 Å². The van der Waals surface area contributed by atoms with Gasteiger partial charge in [-0.1, -0.05) is 70.5 Å². The van der Waals surface area contributed by atoms with Gasteiger partial charge in [0.2, 0.25) is 6.04 Å². The lowest BCUT2D eigenvalue weighted by Gasteiger charge is -2.53. The Bertz CT molecular complexity index is 1190. The van der Waals surface area contributed by atoms with E-state index in [9.17, 15) is 10.1 Å². The van der Waals surface area contributed by atoms with Gasteiger partial charge in [0, 0.05) is 14.8 Å². The van der Waals surface area contributed by atoms with E-state index in [1.165, 1.54) is 0 Å². The minimum Gasteiger partial charge on any atom is -0.301 e. The van der Waals surface area contributed by atoms with E-state index in [0.29, 0.717) is 11.0 Å². The van der Waals surface area contributed by atoms with E-state index in [1.807, 2.05) is 59.5 Å². The van der Waals surface area contributed by atoms with Crippen molar-refractivity contribution in [3.63, 3.8) is 0 Å². The van der Waals surface area contributed by atoms with E-state index in [2.05, 4.69) is 66.2 Å². The van der Waals surface area contributed by atoms with Crippen LogP contribution < -0.4 is 4.48 Å². The molecule has 166 valence electrons. The number of hydrogen-bond acceptors (Lipinski definition) is 3. The van der Waals surface area contributed by atoms with Crippen LogP contribution in [-0.2, 0) is 11.3 Å². The Morgan fingerprint density at radius 1 is 0.970 bits per heavy atom. The maximum atomic E-state index is 13.9. The predicted molar refractivity (Wildman–Crippen MR) is 138 cm³/mol. The first-order valence-corrected chi connectivity index (χ1v) is 12.7. The highest BCUT2D eigenvalue weighted by Gasteiger charge is 2.69. The minimum atomic E-state index is -0.423. The van der Waals surface area contributed by atoms with Gasteiger partial charge in [0.15, 0.2) is 0 Å². The van der Waals surface area contributed by atoms with Gasteiger partial charge >= 0.3 is 0 Å². The van der Waals surface area contributed by atoms with E-state index in [-0.39, 0.29) is 22.1 Å². The summed E-state index contributed by atoms with van der Waals surface area (Å²) in [5.74, 6) is 0.0457. The number of thioether (sulfide) groups is 1. The zero-order chi connectivity index (χ0) is 23.2. The number of benzene rings is 3. The summed E-state index contributed by atoms with van der Waals surface area (Å²) in [5, 5.41) is 9.80. The summed E-state index contributed by atoms with van der Waals surface area (Å²) in [6.07, 6.45) is 0. The maximum Gasteiger partial charge on any atom is 0.287 e. The second-order valence-corrected chi connectivity index (χ2v) is 11.7. The van der Waals surface area contributed by atoms with Crippen molar-refractivity contribution < 1.29 is 4.79 Å². The van der Waals surface area contributed by atoms with Crippen molar-refractivity contribution in [3.8, 4) is 6.07 Å². The molecule has 0 bridgehead atoms. The van der Waals surface area contributed by atoms with E-state index in [4.69, 9.17) is 0 Å². The average Bonchev–Trinajstić information content (AvgIpc) is 3.07. The smallest absolute Gasteiger partial charge is 0.287 e. The fourth-order valence-corrected chi connectivity index (χ4v) is 7.35. The van der Waals surface area contributed by atoms with Gasteiger partial charge in [-0.3, -0.25) is 4.79 Å². The molecule has 3 atom stereocenters. The lowest BCUT2D eigenvalue weighted by atomic mass is 9.92. The minimum absolute atomic E-state index is 0.0457. The summed E-state index contributed by atoms with van der Waals surface area (Å²) in [7, 11) is 0. The number of nitrogens with zero attached hydrogens (tertiary/aromatic N) is 3. The van der Waals surface area contributed by atoms with Crippen LogP contribution in [0.4, 0.5) is 11.4 Å². The molecule has 0 N–H and O–H groups in total. The molecule has 2 heterocycles. The molecule has 0 radical (unpaired) electrons. The molecule has 4 nitrogen and oxygen atoms in total. The molecule has 0 aromatic heterocycles. The number of carbonyl (C=O) groups excluding carboxylic acids is 1. The summed E-state index contributed by atoms with van der Waals surface area (Å²) in [6, 6.07) is 30.5. The maximum absolute atomic E-state index is 13.9. The Kier molecular flexibility index (Phi) is 5.60. The van der Waals surface area contributed by atoms with Crippen LogP contribution >= 0.6 is 27.7 Å². The average molecular weight is 519 g/mol. The molecule has 3 aromatic rings. The molecule has 2 saturated heterocycles. The fraction of sp³-hybridized carbons (Fsp3) is 0.259. The highest BCUT2D eigenvalue weighted by Crippen LogP contribution is 2.56. The third-order valence-electron chi connectivity index (χ3n) is 6.82. The molecule has 0 spiro atoms. The van der Waals surface area contributed by atoms with E-state index >= 15 is 0 Å². The summed E-state index contributed by atoms with van der Waals surface area (Å²) < 4.78 is 1.09. The number of halogens is 1. The normalized spacial score (nSPS) is 23.5. The summed E-state index contributed by atoms with van der Waals surface area (Å²) in [4.78, 5) is 15.7. The highest BCUT2D eigenvalue weighted by molar-refractivity contribution is 9.10. The molecule has 0 aliphatic carbocycles. The summed E-state index contributed by atoms with van der Waals surface area (Å²) in [6.45, 7) is 4.76. The number of amides is 1. The molecule has 6 heteroatoms. The number of carbonyl (C=O) groups is 1. The lowest BCUT2D eigenvalue weighted by molar-refractivity contribution is -0.151. The van der Waals surface area contributed by atoms with Crippen molar-refractivity contribution in [1.82, 2.24) is 9.38 Å². The van der Waals surface area contributed by atoms with Crippen molar-refractivity contribution in [2.75, 3.05) is 0 Å². The highest BCUT2D eigenvalue weighted by atomic mass is 79.9. The SMILES string of the molecule is CC1(C)S[C@H]2C([N+](Cc3ccccc3Br)(c3ccccc3)c3ccccc3)C(=O)N2C1C#N. The molecule has 2 aliphatic heterocycles. The number of hydrogen-bond donors (Lipinski definition) is 0. The van der Waals surface area contributed by atoms with Gasteiger partial charge in [-0.2, -0.15) is 5.26 Å². The third kappa shape index (κ3) is 3.42. The molecule has 0 saturated carbocycles. The molecular formula is C27H25BrN3OS+. The zero-order valence-electron chi connectivity index (χ0n) is 18.6. The van der Waals surface area contributed by atoms with Gasteiger partial charge in [0.25, 0.3) is 5.91 Å². The first-order valence-electron chi connectivity index (χ1n) is 11.0. The van der Waals surface area contributed by atoms with Crippen molar-refractivity contribution in [1.29, 1.82) is 5.26 Å². The molecule has 2 aliphatic rings. The van der Waals surface area contributed by atoms with Crippen LogP contribution in [-0.4, -0.2) is 33.0 Å². The van der Waals surface area contributed by atoms with E-state index < -0.39 is 6.04 Å². The van der Waals surface area contributed by atoms with Crippen LogP contribution in [0.2, 0.25) is 0 Å². The van der Waals surface area contributed by atoms with Gasteiger partial charge in [0.1, 0.15) is 29.3 Å². The van der Waals surface area contributed by atoms with Crippen molar-refractivity contribution >= 4 is 45.0 Å². The first-order chi connectivity index (χ1) is 15.9. The third-order valence-corrected chi connectivity index (χ3v) is 9.15. The Morgan fingerprint density at radius 2 is 1.52 bits per heavy atom. The Balaban J connectivity index is 1.74. The van der Waals surface area contributed by atoms with Crippen LogP contribution in [0, 0.1) is 11.3 Å². The van der Waals surface area contributed by atoms with Crippen molar-refractivity contribution in [2.45, 2.75) is 42.6 Å². The van der Waals surface area contributed by atoms with Crippen molar-refractivity contribution in [2.24, 2.45) is 0 Å². The lowest BCUT2D eigenvalue weighted by Crippen LogP contribution is -2.75. The number of fused-ring (bicyclic) bond motifs is 1. The van der Waals surface area contributed by atoms with E-state index in [1.54, 1.807) is 11.8 Å². The molecule has 33 heavy (non-hydrogen) atoms. The Hall–Kier alpha value is -2.59. The largest absolute Gasteiger partial charge is 0.301 e. The zero-order valence-corrected chi connectivity index (χ0v) is 21.0. The summed E-state index contributed by atoms with van der Waals surface area (Å²) in [5.41, 5.74) is 3.27. The second kappa shape index (κ2) is 8.32. The van der Waals surface area contributed by atoms with Crippen LogP contribution in [0.3, 0.4) is 0 Å². The van der Waals surface area contributed by atoms with E-state index in [0.717, 1.165) is 21.4 Å². The molecule has 5 rings (SSSR count). The van der Waals surface area contributed by atoms with Gasteiger partial charge < -0.3 is 4.90 Å². The predicted octanol–water partition coefficient (Wildman–Crippen LogP) is 6.24. The molecule has 2 fully saturated rings. The first kappa shape index (κ1) is 22.2. The number of nitriles is 1. The fourth-order valence-electron chi connectivity index (χ4n) is 5.23. The Morgan fingerprint density at radius 3 is 2.06 bits per heavy atom. The van der Waals surface area contributed by atoms with Gasteiger partial charge in [-0.15, -0.1) is 11.8 Å². The van der Waals surface area contributed by atoms with Gasteiger partial charge in [-0.25, -0.2) is 4.48 Å². The monoisotopic (exact) mass is 518 g/mol. The number of β-lactam (4-membered cyclic amide) rings is 1. The summed E-state index contributed by atoms with van der Waals surface area (Å²) >= 11 is 5.49. The Labute approximate surface area is 207 Å². The van der Waals surface area contributed by atoms with Gasteiger partial charge in [0.05, 0.1) is 6.07 Å². The number of rotatable bonds is 5.